The molecule has 16 heavy (non-hydrogen) atoms. The van der Waals surface area contributed by atoms with Gasteiger partial charge in [-0.3, -0.25) is 9.59 Å². The second-order valence-corrected chi connectivity index (χ2v) is 4.88. The topological polar surface area (TPSA) is 74.6 Å². The van der Waals surface area contributed by atoms with Crippen molar-refractivity contribution >= 4 is 12.4 Å². The van der Waals surface area contributed by atoms with Crippen molar-refractivity contribution in [2.24, 2.45) is 23.7 Å². The Morgan fingerprint density at radius 1 is 1.38 bits per heavy atom. The van der Waals surface area contributed by atoms with Gasteiger partial charge in [0.05, 0.1) is 5.92 Å². The third-order valence-corrected chi connectivity index (χ3v) is 3.34. The summed E-state index contributed by atoms with van der Waals surface area (Å²) < 4.78 is 0. The molecule has 0 amide bonds. The Balaban J connectivity index is 0.000000673. The van der Waals surface area contributed by atoms with E-state index in [0.717, 1.165) is 12.8 Å². The second kappa shape index (κ2) is 7.25. The van der Waals surface area contributed by atoms with Gasteiger partial charge in [0.25, 0.3) is 6.47 Å². The minimum Gasteiger partial charge on any atom is -0.483 e. The van der Waals surface area contributed by atoms with Crippen LogP contribution in [0.2, 0.25) is 0 Å². The molecule has 1 fully saturated rings. The first-order valence-electron chi connectivity index (χ1n) is 5.74. The van der Waals surface area contributed by atoms with Crippen LogP contribution >= 0.6 is 0 Å². The van der Waals surface area contributed by atoms with E-state index in [1.807, 2.05) is 0 Å². The van der Waals surface area contributed by atoms with Gasteiger partial charge < -0.3 is 10.2 Å². The highest BCUT2D eigenvalue weighted by Crippen LogP contribution is 2.37. The summed E-state index contributed by atoms with van der Waals surface area (Å²) in [4.78, 5) is 19.4. The molecule has 1 aliphatic rings. The van der Waals surface area contributed by atoms with Gasteiger partial charge in [-0.05, 0) is 30.6 Å². The third kappa shape index (κ3) is 4.64. The molecule has 3 unspecified atom stereocenters. The maximum absolute atomic E-state index is 11.0. The Morgan fingerprint density at radius 2 is 1.88 bits per heavy atom. The van der Waals surface area contributed by atoms with Crippen molar-refractivity contribution in [1.29, 1.82) is 0 Å². The van der Waals surface area contributed by atoms with Crippen LogP contribution in [-0.2, 0) is 9.59 Å². The van der Waals surface area contributed by atoms with Gasteiger partial charge in [-0.2, -0.15) is 0 Å². The molecule has 0 heterocycles. The summed E-state index contributed by atoms with van der Waals surface area (Å²) in [6.45, 7) is 6.18. The lowest BCUT2D eigenvalue weighted by Crippen LogP contribution is -2.33. The summed E-state index contributed by atoms with van der Waals surface area (Å²) in [5.74, 6) is 0.812. The van der Waals surface area contributed by atoms with Gasteiger partial charge in [0.1, 0.15) is 0 Å². The van der Waals surface area contributed by atoms with Crippen LogP contribution in [-0.4, -0.2) is 22.7 Å². The lowest BCUT2D eigenvalue weighted by atomic mass is 9.70. The SMILES string of the molecule is CC1CCC(C(C)C)C(C(=O)O)C1.O=CO. The number of rotatable bonds is 2. The van der Waals surface area contributed by atoms with Gasteiger partial charge in [-0.1, -0.05) is 27.2 Å². The summed E-state index contributed by atoms with van der Waals surface area (Å²) in [5.41, 5.74) is 0. The number of hydrogen-bond donors (Lipinski definition) is 2. The molecule has 0 aromatic carbocycles. The van der Waals surface area contributed by atoms with E-state index >= 15 is 0 Å². The highest BCUT2D eigenvalue weighted by Gasteiger charge is 2.35. The molecule has 0 bridgehead atoms. The summed E-state index contributed by atoms with van der Waals surface area (Å²) in [7, 11) is 0. The number of carbonyl (C=O) groups is 2. The molecule has 0 radical (unpaired) electrons. The Kier molecular flexibility index (Phi) is 6.77. The lowest BCUT2D eigenvalue weighted by molar-refractivity contribution is -0.146. The molecular formula is C12H22O4. The fraction of sp³-hybridized carbons (Fsp3) is 0.833. The van der Waals surface area contributed by atoms with E-state index in [1.165, 1.54) is 6.42 Å². The van der Waals surface area contributed by atoms with Gasteiger partial charge in [-0.15, -0.1) is 0 Å². The highest BCUT2D eigenvalue weighted by molar-refractivity contribution is 5.70. The van der Waals surface area contributed by atoms with Crippen LogP contribution in [0.4, 0.5) is 0 Å². The largest absolute Gasteiger partial charge is 0.483 e. The average molecular weight is 230 g/mol. The molecule has 1 saturated carbocycles. The summed E-state index contributed by atoms with van der Waals surface area (Å²) in [6, 6.07) is 0. The van der Waals surface area contributed by atoms with Gasteiger partial charge in [0, 0.05) is 0 Å². The first kappa shape index (κ1) is 14.9. The Morgan fingerprint density at radius 3 is 2.25 bits per heavy atom. The molecule has 4 nitrogen and oxygen atoms in total. The van der Waals surface area contributed by atoms with E-state index in [0.29, 0.717) is 17.8 Å². The van der Waals surface area contributed by atoms with Crippen LogP contribution in [0.25, 0.3) is 0 Å². The van der Waals surface area contributed by atoms with E-state index in [1.54, 1.807) is 0 Å². The Hall–Kier alpha value is -1.06. The number of aliphatic carboxylic acids is 1. The molecule has 2 N–H and O–H groups in total. The smallest absolute Gasteiger partial charge is 0.306 e. The maximum atomic E-state index is 11.0. The molecule has 3 atom stereocenters. The van der Waals surface area contributed by atoms with Crippen molar-refractivity contribution in [1.82, 2.24) is 0 Å². The minimum atomic E-state index is -0.592. The van der Waals surface area contributed by atoms with Crippen LogP contribution in [0.5, 0.6) is 0 Å². The molecule has 94 valence electrons. The van der Waals surface area contributed by atoms with E-state index in [2.05, 4.69) is 20.8 Å². The molecule has 1 rings (SSSR count). The monoisotopic (exact) mass is 230 g/mol. The van der Waals surface area contributed by atoms with Gasteiger partial charge >= 0.3 is 5.97 Å². The van der Waals surface area contributed by atoms with Crippen molar-refractivity contribution in [2.75, 3.05) is 0 Å². The Labute approximate surface area is 96.7 Å². The maximum Gasteiger partial charge on any atom is 0.306 e. The predicted octanol–water partition coefficient (Wildman–Crippen LogP) is 2.48. The zero-order valence-electron chi connectivity index (χ0n) is 10.2. The normalized spacial score (nSPS) is 29.1. The summed E-state index contributed by atoms with van der Waals surface area (Å²) >= 11 is 0. The molecule has 4 heteroatoms. The standard InChI is InChI=1S/C11H20O2.CH2O2/c1-7(2)9-5-4-8(3)6-10(9)11(12)13;2-1-3/h7-10H,4-6H2,1-3H3,(H,12,13);1H,(H,2,3). The molecule has 0 aromatic rings. The first-order valence-corrected chi connectivity index (χ1v) is 5.74. The molecule has 0 spiro atoms. The van der Waals surface area contributed by atoms with Crippen molar-refractivity contribution in [3.8, 4) is 0 Å². The zero-order chi connectivity index (χ0) is 12.7. The lowest BCUT2D eigenvalue weighted by Gasteiger charge is -2.34. The summed E-state index contributed by atoms with van der Waals surface area (Å²) in [5, 5.41) is 16.0. The molecule has 0 aromatic heterocycles. The minimum absolute atomic E-state index is 0.0938. The Bertz CT molecular complexity index is 225. The van der Waals surface area contributed by atoms with E-state index in [9.17, 15) is 4.79 Å². The van der Waals surface area contributed by atoms with Gasteiger partial charge in [-0.25, -0.2) is 0 Å². The quantitative estimate of drug-likeness (QED) is 0.715. The fourth-order valence-electron chi connectivity index (χ4n) is 2.49. The van der Waals surface area contributed by atoms with Gasteiger partial charge in [0.2, 0.25) is 0 Å². The number of carboxylic acids is 1. The van der Waals surface area contributed by atoms with Crippen LogP contribution in [0.15, 0.2) is 0 Å². The van der Waals surface area contributed by atoms with Crippen molar-refractivity contribution in [2.45, 2.75) is 40.0 Å². The van der Waals surface area contributed by atoms with Crippen LogP contribution in [0, 0.1) is 23.7 Å². The van der Waals surface area contributed by atoms with E-state index in [-0.39, 0.29) is 12.4 Å². The highest BCUT2D eigenvalue weighted by atomic mass is 16.4. The molecule has 1 aliphatic carbocycles. The zero-order valence-corrected chi connectivity index (χ0v) is 10.2. The van der Waals surface area contributed by atoms with Gasteiger partial charge in [0.15, 0.2) is 0 Å². The van der Waals surface area contributed by atoms with Crippen molar-refractivity contribution in [3.05, 3.63) is 0 Å². The first-order chi connectivity index (χ1) is 7.43. The molecular weight excluding hydrogens is 208 g/mol. The van der Waals surface area contributed by atoms with Crippen molar-refractivity contribution in [3.63, 3.8) is 0 Å². The fourth-order valence-corrected chi connectivity index (χ4v) is 2.49. The van der Waals surface area contributed by atoms with Crippen molar-refractivity contribution < 1.29 is 19.8 Å². The van der Waals surface area contributed by atoms with Crippen LogP contribution < -0.4 is 0 Å². The summed E-state index contributed by atoms with van der Waals surface area (Å²) in [6.07, 6.45) is 3.17. The molecule has 0 aliphatic heterocycles. The second-order valence-electron chi connectivity index (χ2n) is 4.88. The third-order valence-electron chi connectivity index (χ3n) is 3.34. The van der Waals surface area contributed by atoms with Crippen LogP contribution in [0.3, 0.4) is 0 Å². The van der Waals surface area contributed by atoms with Crippen LogP contribution in [0.1, 0.15) is 40.0 Å². The van der Waals surface area contributed by atoms with E-state index < -0.39 is 5.97 Å². The number of hydrogen-bond acceptors (Lipinski definition) is 2. The predicted molar refractivity (Wildman–Crippen MR) is 61.2 cm³/mol. The number of carboxylic acid groups (broad SMARTS) is 2. The van der Waals surface area contributed by atoms with E-state index in [4.69, 9.17) is 15.0 Å². The molecule has 0 saturated heterocycles. The average Bonchev–Trinajstić information content (AvgIpc) is 2.18.